The summed E-state index contributed by atoms with van der Waals surface area (Å²) in [5.41, 5.74) is 5.12. The molecule has 1 fully saturated rings. The van der Waals surface area contributed by atoms with E-state index < -0.39 is 9.84 Å². The van der Waals surface area contributed by atoms with E-state index in [1.165, 1.54) is 17.3 Å². The summed E-state index contributed by atoms with van der Waals surface area (Å²) >= 11 is 1.47. The Bertz CT molecular complexity index is 1140. The van der Waals surface area contributed by atoms with E-state index in [0.717, 1.165) is 28.9 Å². The lowest BCUT2D eigenvalue weighted by atomic mass is 10.1. The van der Waals surface area contributed by atoms with Crippen LogP contribution in [-0.4, -0.2) is 48.8 Å². The summed E-state index contributed by atoms with van der Waals surface area (Å²) in [6.07, 6.45) is 0.900. The Morgan fingerprint density at radius 1 is 1.16 bits per heavy atom. The van der Waals surface area contributed by atoms with Gasteiger partial charge >= 0.3 is 0 Å². The molecule has 1 amide bonds. The Morgan fingerprint density at radius 2 is 1.97 bits per heavy atom. The van der Waals surface area contributed by atoms with Gasteiger partial charge in [0.2, 0.25) is 5.91 Å². The van der Waals surface area contributed by atoms with Gasteiger partial charge in [0.05, 0.1) is 17.5 Å². The Kier molecular flexibility index (Phi) is 6.12. The molecule has 0 saturated carbocycles. The fourth-order valence-electron chi connectivity index (χ4n) is 3.85. The minimum Gasteiger partial charge on any atom is -0.325 e. The van der Waals surface area contributed by atoms with Gasteiger partial charge in [-0.3, -0.25) is 9.79 Å². The fourth-order valence-corrected chi connectivity index (χ4v) is 7.63. The number of aryl methyl sites for hydroxylation is 3. The van der Waals surface area contributed by atoms with Crippen LogP contribution in [0.25, 0.3) is 0 Å². The van der Waals surface area contributed by atoms with Crippen LogP contribution in [-0.2, 0) is 21.1 Å². The zero-order valence-electron chi connectivity index (χ0n) is 18.0. The Morgan fingerprint density at radius 3 is 2.68 bits per heavy atom. The zero-order chi connectivity index (χ0) is 22.2. The van der Waals surface area contributed by atoms with Crippen LogP contribution in [0, 0.1) is 13.8 Å². The molecule has 0 unspecified atom stereocenters. The first-order valence-corrected chi connectivity index (χ1v) is 13.1. The summed E-state index contributed by atoms with van der Waals surface area (Å²) in [5.74, 6) is 0.0938. The first-order chi connectivity index (χ1) is 14.7. The fraction of sp³-hybridized carbons (Fsp3) is 0.391. The summed E-state index contributed by atoms with van der Waals surface area (Å²) in [6.45, 7) is 6.28. The Hall–Kier alpha value is -2.32. The van der Waals surface area contributed by atoms with E-state index in [9.17, 15) is 13.2 Å². The summed E-state index contributed by atoms with van der Waals surface area (Å²) in [5, 5.41) is 3.63. The van der Waals surface area contributed by atoms with Crippen molar-refractivity contribution in [1.29, 1.82) is 0 Å². The third kappa shape index (κ3) is 4.96. The monoisotopic (exact) mass is 457 g/mol. The first-order valence-electron chi connectivity index (χ1n) is 10.4. The highest BCUT2D eigenvalue weighted by molar-refractivity contribution is 8.15. The Balaban J connectivity index is 1.58. The molecule has 0 radical (unpaired) electrons. The maximum atomic E-state index is 12.9. The van der Waals surface area contributed by atoms with Crippen molar-refractivity contribution in [2.45, 2.75) is 38.5 Å². The molecule has 8 heteroatoms. The van der Waals surface area contributed by atoms with Crippen LogP contribution < -0.4 is 10.2 Å². The number of nitrogens with one attached hydrogen (secondary N) is 1. The molecule has 2 aromatic rings. The molecule has 2 aliphatic rings. The smallest absolute Gasteiger partial charge is 0.244 e. The van der Waals surface area contributed by atoms with Gasteiger partial charge in [0, 0.05) is 16.6 Å². The lowest BCUT2D eigenvalue weighted by Gasteiger charge is -2.25. The van der Waals surface area contributed by atoms with Gasteiger partial charge in [0.15, 0.2) is 15.0 Å². The van der Waals surface area contributed by atoms with E-state index in [-0.39, 0.29) is 35.2 Å². The highest BCUT2D eigenvalue weighted by Gasteiger charge is 2.44. The molecular weight excluding hydrogens is 430 g/mol. The van der Waals surface area contributed by atoms with Crippen LogP contribution in [0.1, 0.15) is 23.6 Å². The maximum absolute atomic E-state index is 12.9. The number of carbonyl (C=O) groups is 1. The van der Waals surface area contributed by atoms with E-state index in [2.05, 4.69) is 12.2 Å². The second-order valence-corrected chi connectivity index (χ2v) is 11.5. The van der Waals surface area contributed by atoms with Gasteiger partial charge in [-0.2, -0.15) is 0 Å². The quantitative estimate of drug-likeness (QED) is 0.743. The number of carbonyl (C=O) groups excluding carboxylic acids is 1. The second kappa shape index (κ2) is 8.67. The third-order valence-corrected chi connectivity index (χ3v) is 9.01. The van der Waals surface area contributed by atoms with Gasteiger partial charge in [-0.1, -0.05) is 36.9 Å². The molecule has 0 bridgehead atoms. The van der Waals surface area contributed by atoms with Crippen LogP contribution in [0.2, 0.25) is 0 Å². The number of amides is 1. The van der Waals surface area contributed by atoms with E-state index in [4.69, 9.17) is 4.99 Å². The van der Waals surface area contributed by atoms with E-state index in [0.29, 0.717) is 5.17 Å². The molecule has 0 spiro atoms. The summed E-state index contributed by atoms with van der Waals surface area (Å²) in [7, 11) is -3.03. The van der Waals surface area contributed by atoms with Gasteiger partial charge < -0.3 is 10.2 Å². The molecule has 0 aliphatic carbocycles. The van der Waals surface area contributed by atoms with Gasteiger partial charge in [-0.15, -0.1) is 0 Å². The number of amidine groups is 1. The summed E-state index contributed by atoms with van der Waals surface area (Å²) in [4.78, 5) is 19.6. The predicted molar refractivity (Wildman–Crippen MR) is 129 cm³/mol. The lowest BCUT2D eigenvalue weighted by Crippen LogP contribution is -2.36. The molecular formula is C23H27N3O3S2. The van der Waals surface area contributed by atoms with E-state index in [1.807, 2.05) is 61.2 Å². The molecule has 31 heavy (non-hydrogen) atoms. The second-order valence-electron chi connectivity index (χ2n) is 8.17. The highest BCUT2D eigenvalue weighted by Crippen LogP contribution is 2.37. The van der Waals surface area contributed by atoms with Crippen molar-refractivity contribution in [2.75, 3.05) is 28.3 Å². The normalized spacial score (nSPS) is 21.5. The van der Waals surface area contributed by atoms with E-state index in [1.54, 1.807) is 0 Å². The van der Waals surface area contributed by atoms with Crippen molar-refractivity contribution < 1.29 is 13.2 Å². The van der Waals surface area contributed by atoms with Crippen molar-refractivity contribution in [3.05, 3.63) is 59.2 Å². The van der Waals surface area contributed by atoms with Gasteiger partial charge in [0.25, 0.3) is 0 Å². The average molecular weight is 458 g/mol. The van der Waals surface area contributed by atoms with Crippen molar-refractivity contribution in [3.8, 4) is 0 Å². The van der Waals surface area contributed by atoms with Crippen LogP contribution in [0.5, 0.6) is 0 Å². The van der Waals surface area contributed by atoms with Crippen molar-refractivity contribution in [1.82, 2.24) is 0 Å². The number of nitrogens with zero attached hydrogens (tertiary/aromatic N) is 2. The number of sulfone groups is 1. The molecule has 2 heterocycles. The summed E-state index contributed by atoms with van der Waals surface area (Å²) in [6, 6.07) is 13.7. The van der Waals surface area contributed by atoms with Crippen LogP contribution in [0.15, 0.2) is 47.5 Å². The lowest BCUT2D eigenvalue weighted by molar-refractivity contribution is -0.114. The number of rotatable bonds is 5. The van der Waals surface area contributed by atoms with Crippen LogP contribution in [0.4, 0.5) is 11.4 Å². The molecule has 2 aliphatic heterocycles. The van der Waals surface area contributed by atoms with Gasteiger partial charge in [-0.05, 0) is 61.2 Å². The number of hydrogen-bond acceptors (Lipinski definition) is 6. The van der Waals surface area contributed by atoms with Crippen molar-refractivity contribution >= 4 is 44.0 Å². The predicted octanol–water partition coefficient (Wildman–Crippen LogP) is 3.58. The standard InChI is InChI=1S/C23H27N3O3S2/c1-4-17-6-5-7-18(11-17)24-22(27)12-26(19-9-8-15(2)16(3)10-19)23-25-20-13-31(28,29)14-21(20)30-23/h5-11,20-21H,4,12-14H2,1-3H3,(H,24,27)/t20-,21+/m0/s1. The summed E-state index contributed by atoms with van der Waals surface area (Å²) < 4.78 is 23.9. The van der Waals surface area contributed by atoms with Crippen molar-refractivity contribution in [3.63, 3.8) is 0 Å². The van der Waals surface area contributed by atoms with Crippen LogP contribution >= 0.6 is 11.8 Å². The minimum atomic E-state index is -3.03. The van der Waals surface area contributed by atoms with Crippen molar-refractivity contribution in [2.24, 2.45) is 4.99 Å². The largest absolute Gasteiger partial charge is 0.325 e. The molecule has 6 nitrogen and oxygen atoms in total. The molecule has 1 N–H and O–H groups in total. The van der Waals surface area contributed by atoms with Crippen LogP contribution in [0.3, 0.4) is 0 Å². The molecule has 4 rings (SSSR count). The Labute approximate surface area is 188 Å². The molecule has 164 valence electrons. The highest BCUT2D eigenvalue weighted by atomic mass is 32.2. The molecule has 2 atom stereocenters. The number of fused-ring (bicyclic) bond motifs is 1. The first kappa shape index (κ1) is 21.9. The molecule has 0 aromatic heterocycles. The minimum absolute atomic E-state index is 0.0710. The van der Waals surface area contributed by atoms with E-state index >= 15 is 0 Å². The number of thioether (sulfide) groups is 1. The van der Waals surface area contributed by atoms with Gasteiger partial charge in [-0.25, -0.2) is 8.42 Å². The number of anilines is 2. The number of benzene rings is 2. The molecule has 2 aromatic carbocycles. The molecule has 1 saturated heterocycles. The third-order valence-electron chi connectivity index (χ3n) is 5.76. The number of hydrogen-bond donors (Lipinski definition) is 1. The maximum Gasteiger partial charge on any atom is 0.244 e. The zero-order valence-corrected chi connectivity index (χ0v) is 19.6. The average Bonchev–Trinajstić information content (AvgIpc) is 3.22. The van der Waals surface area contributed by atoms with Gasteiger partial charge in [0.1, 0.15) is 6.54 Å². The SMILES string of the molecule is CCc1cccc(NC(=O)CN(C2=N[C@H]3CS(=O)(=O)C[C@H]3S2)c2ccc(C)c(C)c2)c1. The topological polar surface area (TPSA) is 78.8 Å². The number of aliphatic imine (C=N–C) groups is 1.